The Balaban J connectivity index is 1.61. The molecule has 1 aromatic carbocycles. The Kier molecular flexibility index (Phi) is 6.26. The van der Waals surface area contributed by atoms with Gasteiger partial charge in [-0.2, -0.15) is 0 Å². The van der Waals surface area contributed by atoms with Crippen molar-refractivity contribution in [2.45, 2.75) is 26.7 Å². The van der Waals surface area contributed by atoms with E-state index >= 15 is 0 Å². The maximum atomic E-state index is 12.5. The molecule has 5 nitrogen and oxygen atoms in total. The van der Waals surface area contributed by atoms with Gasteiger partial charge in [0.1, 0.15) is 11.6 Å². The molecule has 0 unspecified atom stereocenters. The third-order valence-electron chi connectivity index (χ3n) is 4.56. The van der Waals surface area contributed by atoms with E-state index in [1.165, 1.54) is 0 Å². The van der Waals surface area contributed by atoms with Gasteiger partial charge in [-0.25, -0.2) is 9.97 Å². The number of halogens is 1. The van der Waals surface area contributed by atoms with Crippen LogP contribution in [0.5, 0.6) is 0 Å². The second-order valence-electron chi connectivity index (χ2n) is 7.08. The highest BCUT2D eigenvalue weighted by molar-refractivity contribution is 9.10. The zero-order chi connectivity index (χ0) is 19.4. The van der Waals surface area contributed by atoms with Gasteiger partial charge in [0, 0.05) is 54.4 Å². The fraction of sp³-hybridized carbons (Fsp3) is 0.381. The highest BCUT2D eigenvalue weighted by Crippen LogP contribution is 2.19. The number of carbonyl (C=O) groups excluding carboxylic acids is 1. The van der Waals surface area contributed by atoms with Crippen LogP contribution in [0, 0.1) is 6.92 Å². The second-order valence-corrected chi connectivity index (χ2v) is 8.00. The lowest BCUT2D eigenvalue weighted by atomic mass is 10.2. The Morgan fingerprint density at radius 1 is 1.15 bits per heavy atom. The molecule has 0 saturated carbocycles. The SMILES string of the molecule is Cc1cc(N2CCN(C(=O)/C=C/c3cccc(Br)c3)CC2)nc(C(C)C)n1. The highest BCUT2D eigenvalue weighted by atomic mass is 79.9. The summed E-state index contributed by atoms with van der Waals surface area (Å²) >= 11 is 3.45. The molecule has 1 saturated heterocycles. The smallest absolute Gasteiger partial charge is 0.246 e. The van der Waals surface area contributed by atoms with Crippen LogP contribution in [-0.4, -0.2) is 47.0 Å². The van der Waals surface area contributed by atoms with E-state index < -0.39 is 0 Å². The van der Waals surface area contributed by atoms with Crippen LogP contribution in [0.4, 0.5) is 5.82 Å². The molecule has 3 rings (SSSR count). The van der Waals surface area contributed by atoms with Crippen molar-refractivity contribution in [1.82, 2.24) is 14.9 Å². The molecular formula is C21H25BrN4O. The number of rotatable bonds is 4. The topological polar surface area (TPSA) is 49.3 Å². The molecule has 1 aliphatic rings. The quantitative estimate of drug-likeness (QED) is 0.689. The Hall–Kier alpha value is -2.21. The first-order valence-electron chi connectivity index (χ1n) is 9.25. The molecule has 1 aliphatic heterocycles. The Morgan fingerprint density at radius 3 is 2.56 bits per heavy atom. The van der Waals surface area contributed by atoms with E-state index in [1.807, 2.05) is 48.2 Å². The fourth-order valence-electron chi connectivity index (χ4n) is 3.03. The number of anilines is 1. The van der Waals surface area contributed by atoms with E-state index in [9.17, 15) is 4.79 Å². The molecule has 0 atom stereocenters. The summed E-state index contributed by atoms with van der Waals surface area (Å²) in [6, 6.07) is 9.93. The third kappa shape index (κ3) is 5.16. The maximum absolute atomic E-state index is 12.5. The summed E-state index contributed by atoms with van der Waals surface area (Å²) in [7, 11) is 0. The minimum atomic E-state index is 0.0522. The summed E-state index contributed by atoms with van der Waals surface area (Å²) in [4.78, 5) is 25.8. The van der Waals surface area contributed by atoms with Gasteiger partial charge < -0.3 is 9.80 Å². The van der Waals surface area contributed by atoms with Crippen LogP contribution in [0.25, 0.3) is 6.08 Å². The van der Waals surface area contributed by atoms with Crippen molar-refractivity contribution in [3.8, 4) is 0 Å². The molecule has 27 heavy (non-hydrogen) atoms. The summed E-state index contributed by atoms with van der Waals surface area (Å²) in [5, 5.41) is 0. The number of piperazine rings is 1. The van der Waals surface area contributed by atoms with Gasteiger partial charge in [-0.05, 0) is 30.7 Å². The molecule has 1 fully saturated rings. The summed E-state index contributed by atoms with van der Waals surface area (Å²) in [5.41, 5.74) is 1.99. The molecule has 0 radical (unpaired) electrons. The number of aromatic nitrogens is 2. The molecule has 1 amide bonds. The summed E-state index contributed by atoms with van der Waals surface area (Å²) in [6.07, 6.45) is 3.52. The number of benzene rings is 1. The van der Waals surface area contributed by atoms with Gasteiger partial charge in [-0.15, -0.1) is 0 Å². The Bertz CT molecular complexity index is 842. The van der Waals surface area contributed by atoms with Crippen molar-refractivity contribution in [2.75, 3.05) is 31.1 Å². The zero-order valence-electron chi connectivity index (χ0n) is 16.0. The third-order valence-corrected chi connectivity index (χ3v) is 5.05. The molecule has 1 aromatic heterocycles. The van der Waals surface area contributed by atoms with E-state index in [1.54, 1.807) is 6.08 Å². The molecule has 0 N–H and O–H groups in total. The van der Waals surface area contributed by atoms with Crippen molar-refractivity contribution in [2.24, 2.45) is 0 Å². The molecule has 2 aromatic rings. The van der Waals surface area contributed by atoms with E-state index in [0.29, 0.717) is 19.0 Å². The average Bonchev–Trinajstić information content (AvgIpc) is 2.66. The number of hydrogen-bond acceptors (Lipinski definition) is 4. The van der Waals surface area contributed by atoms with Crippen molar-refractivity contribution >= 4 is 33.7 Å². The number of carbonyl (C=O) groups is 1. The van der Waals surface area contributed by atoms with E-state index in [4.69, 9.17) is 4.98 Å². The summed E-state index contributed by atoms with van der Waals surface area (Å²) < 4.78 is 1.01. The molecule has 2 heterocycles. The zero-order valence-corrected chi connectivity index (χ0v) is 17.6. The number of hydrogen-bond donors (Lipinski definition) is 0. The fourth-order valence-corrected chi connectivity index (χ4v) is 3.45. The van der Waals surface area contributed by atoms with Crippen LogP contribution in [-0.2, 0) is 4.79 Å². The second kappa shape index (κ2) is 8.65. The molecule has 6 heteroatoms. The standard InChI is InChI=1S/C21H25BrN4O/c1-15(2)21-23-16(3)13-19(24-21)25-9-11-26(12-10-25)20(27)8-7-17-5-4-6-18(22)14-17/h4-8,13-15H,9-12H2,1-3H3/b8-7+. The van der Waals surface area contributed by atoms with Gasteiger partial charge in [0.25, 0.3) is 0 Å². The van der Waals surface area contributed by atoms with Crippen molar-refractivity contribution < 1.29 is 4.79 Å². The first-order chi connectivity index (χ1) is 12.9. The Morgan fingerprint density at radius 2 is 1.89 bits per heavy atom. The highest BCUT2D eigenvalue weighted by Gasteiger charge is 2.21. The van der Waals surface area contributed by atoms with Gasteiger partial charge in [-0.3, -0.25) is 4.79 Å². The van der Waals surface area contributed by atoms with Crippen LogP contribution in [0.1, 0.15) is 36.8 Å². The molecule has 0 bridgehead atoms. The van der Waals surface area contributed by atoms with Gasteiger partial charge in [0.15, 0.2) is 0 Å². The average molecular weight is 429 g/mol. The van der Waals surface area contributed by atoms with Crippen molar-refractivity contribution in [3.05, 3.63) is 58.0 Å². The largest absolute Gasteiger partial charge is 0.353 e. The predicted octanol–water partition coefficient (Wildman–Crippen LogP) is 4.03. The molecular weight excluding hydrogens is 404 g/mol. The maximum Gasteiger partial charge on any atom is 0.246 e. The van der Waals surface area contributed by atoms with Crippen LogP contribution in [0.2, 0.25) is 0 Å². The number of amides is 1. The summed E-state index contributed by atoms with van der Waals surface area (Å²) in [5.74, 6) is 2.19. The van der Waals surface area contributed by atoms with Gasteiger partial charge in [-0.1, -0.05) is 41.9 Å². The van der Waals surface area contributed by atoms with E-state index in [-0.39, 0.29) is 5.91 Å². The van der Waals surface area contributed by atoms with Crippen molar-refractivity contribution in [1.29, 1.82) is 0 Å². The van der Waals surface area contributed by atoms with E-state index in [0.717, 1.165) is 40.5 Å². The first-order valence-corrected chi connectivity index (χ1v) is 10.0. The lowest BCUT2D eigenvalue weighted by molar-refractivity contribution is -0.126. The lowest BCUT2D eigenvalue weighted by Gasteiger charge is -2.35. The minimum Gasteiger partial charge on any atom is -0.353 e. The van der Waals surface area contributed by atoms with Crippen LogP contribution in [0.3, 0.4) is 0 Å². The van der Waals surface area contributed by atoms with Gasteiger partial charge >= 0.3 is 0 Å². The van der Waals surface area contributed by atoms with Crippen LogP contribution in [0.15, 0.2) is 40.9 Å². The predicted molar refractivity (Wildman–Crippen MR) is 113 cm³/mol. The van der Waals surface area contributed by atoms with Gasteiger partial charge in [0.05, 0.1) is 0 Å². The molecule has 0 spiro atoms. The normalized spacial score (nSPS) is 15.0. The van der Waals surface area contributed by atoms with Crippen LogP contribution >= 0.6 is 15.9 Å². The number of aryl methyl sites for hydroxylation is 1. The van der Waals surface area contributed by atoms with Crippen molar-refractivity contribution in [3.63, 3.8) is 0 Å². The summed E-state index contributed by atoms with van der Waals surface area (Å²) in [6.45, 7) is 9.17. The minimum absolute atomic E-state index is 0.0522. The number of nitrogens with zero attached hydrogens (tertiary/aromatic N) is 4. The van der Waals surface area contributed by atoms with Crippen LogP contribution < -0.4 is 4.90 Å². The van der Waals surface area contributed by atoms with Gasteiger partial charge in [0.2, 0.25) is 5.91 Å². The Labute approximate surface area is 169 Å². The van der Waals surface area contributed by atoms with E-state index in [2.05, 4.69) is 39.7 Å². The molecule has 0 aliphatic carbocycles. The lowest BCUT2D eigenvalue weighted by Crippen LogP contribution is -2.48. The molecule has 142 valence electrons. The first kappa shape index (κ1) is 19.5. The monoisotopic (exact) mass is 428 g/mol.